The fourth-order valence-electron chi connectivity index (χ4n) is 2.02. The molecule has 1 atom stereocenters. The summed E-state index contributed by atoms with van der Waals surface area (Å²) in [5.74, 6) is -2.68. The number of nitrogens with zero attached hydrogens (tertiary/aromatic N) is 1. The zero-order valence-electron chi connectivity index (χ0n) is 11.9. The number of benzene rings is 1. The monoisotopic (exact) mass is 271 g/mol. The number of halogens is 2. The highest BCUT2D eigenvalue weighted by molar-refractivity contribution is 5.30. The second kappa shape index (κ2) is 7.43. The second-order valence-corrected chi connectivity index (χ2v) is 4.99. The molecule has 1 aromatic rings. The molecule has 0 fully saturated rings. The normalized spacial score (nSPS) is 12.9. The minimum atomic E-state index is -0.896. The summed E-state index contributed by atoms with van der Waals surface area (Å²) >= 11 is 0. The van der Waals surface area contributed by atoms with Crippen LogP contribution in [0.3, 0.4) is 0 Å². The Hall–Kier alpha value is -1.16. The lowest BCUT2D eigenvalue weighted by molar-refractivity contribution is 0.191. The van der Waals surface area contributed by atoms with Crippen molar-refractivity contribution >= 4 is 0 Å². The van der Waals surface area contributed by atoms with Crippen molar-refractivity contribution in [3.05, 3.63) is 29.3 Å². The average Bonchev–Trinajstić information content (AvgIpc) is 2.39. The highest BCUT2D eigenvalue weighted by Gasteiger charge is 2.15. The SMILES string of the molecule is CCCCN(Cc1cc(F)c(O)c(F)c1)C(C)CC. The van der Waals surface area contributed by atoms with Gasteiger partial charge in [-0.2, -0.15) is 0 Å². The first-order valence-electron chi connectivity index (χ1n) is 6.90. The third-order valence-corrected chi connectivity index (χ3v) is 3.48. The molecule has 1 rings (SSSR count). The van der Waals surface area contributed by atoms with Crippen LogP contribution >= 0.6 is 0 Å². The van der Waals surface area contributed by atoms with Gasteiger partial charge in [-0.15, -0.1) is 0 Å². The van der Waals surface area contributed by atoms with Gasteiger partial charge >= 0.3 is 0 Å². The summed E-state index contributed by atoms with van der Waals surface area (Å²) in [6.07, 6.45) is 3.14. The quantitative estimate of drug-likeness (QED) is 0.808. The third-order valence-electron chi connectivity index (χ3n) is 3.48. The Bertz CT molecular complexity index is 386. The summed E-state index contributed by atoms with van der Waals surface area (Å²) in [5, 5.41) is 9.10. The van der Waals surface area contributed by atoms with Crippen molar-refractivity contribution in [3.8, 4) is 5.75 Å². The maximum absolute atomic E-state index is 13.3. The summed E-state index contributed by atoms with van der Waals surface area (Å²) in [6.45, 7) is 7.75. The van der Waals surface area contributed by atoms with Crippen LogP contribution in [0, 0.1) is 11.6 Å². The molecule has 108 valence electrons. The third kappa shape index (κ3) is 4.46. The van der Waals surface area contributed by atoms with Crippen molar-refractivity contribution in [1.82, 2.24) is 4.90 Å². The van der Waals surface area contributed by atoms with Crippen LogP contribution in [-0.2, 0) is 6.54 Å². The Balaban J connectivity index is 2.83. The van der Waals surface area contributed by atoms with Gasteiger partial charge in [0, 0.05) is 12.6 Å². The smallest absolute Gasteiger partial charge is 0.187 e. The summed E-state index contributed by atoms with van der Waals surface area (Å²) in [5.41, 5.74) is 0.559. The van der Waals surface area contributed by atoms with Gasteiger partial charge < -0.3 is 5.11 Å². The summed E-state index contributed by atoms with van der Waals surface area (Å²) in [7, 11) is 0. The molecule has 4 heteroatoms. The van der Waals surface area contributed by atoms with Gasteiger partial charge in [0.1, 0.15) is 0 Å². The highest BCUT2D eigenvalue weighted by Crippen LogP contribution is 2.23. The van der Waals surface area contributed by atoms with Gasteiger partial charge in [-0.05, 0) is 44.0 Å². The Kier molecular flexibility index (Phi) is 6.22. The molecule has 1 N–H and O–H groups in total. The molecule has 0 aliphatic rings. The topological polar surface area (TPSA) is 23.5 Å². The van der Waals surface area contributed by atoms with Crippen molar-refractivity contribution < 1.29 is 13.9 Å². The minimum absolute atomic E-state index is 0.367. The van der Waals surface area contributed by atoms with Crippen LogP contribution in [0.2, 0.25) is 0 Å². The van der Waals surface area contributed by atoms with Gasteiger partial charge in [-0.3, -0.25) is 4.90 Å². The number of phenols is 1. The molecule has 2 nitrogen and oxygen atoms in total. The van der Waals surface area contributed by atoms with Gasteiger partial charge in [0.05, 0.1) is 0 Å². The zero-order valence-corrected chi connectivity index (χ0v) is 11.9. The lowest BCUT2D eigenvalue weighted by Crippen LogP contribution is -2.33. The van der Waals surface area contributed by atoms with Crippen molar-refractivity contribution in [2.24, 2.45) is 0 Å². The van der Waals surface area contributed by atoms with E-state index in [0.717, 1.165) is 25.8 Å². The molecule has 0 bridgehead atoms. The number of phenolic OH excluding ortho intramolecular Hbond substituents is 1. The van der Waals surface area contributed by atoms with Crippen LogP contribution in [0.4, 0.5) is 8.78 Å². The van der Waals surface area contributed by atoms with E-state index < -0.39 is 17.4 Å². The molecular formula is C15H23F2NO. The van der Waals surface area contributed by atoms with E-state index in [4.69, 9.17) is 5.11 Å². The highest BCUT2D eigenvalue weighted by atomic mass is 19.1. The van der Waals surface area contributed by atoms with E-state index in [2.05, 4.69) is 25.7 Å². The standard InChI is InChI=1S/C15H23F2NO/c1-4-6-7-18(11(3)5-2)10-12-8-13(16)15(19)14(17)9-12/h8-9,11,19H,4-7,10H2,1-3H3. The van der Waals surface area contributed by atoms with Crippen molar-refractivity contribution in [1.29, 1.82) is 0 Å². The number of hydrogen-bond acceptors (Lipinski definition) is 2. The van der Waals surface area contributed by atoms with Crippen LogP contribution in [0.15, 0.2) is 12.1 Å². The molecule has 0 aromatic heterocycles. The minimum Gasteiger partial charge on any atom is -0.503 e. The molecule has 0 aliphatic heterocycles. The maximum atomic E-state index is 13.3. The first-order chi connectivity index (χ1) is 8.99. The molecule has 1 aromatic carbocycles. The lowest BCUT2D eigenvalue weighted by Gasteiger charge is -2.28. The van der Waals surface area contributed by atoms with Crippen molar-refractivity contribution in [2.75, 3.05) is 6.54 Å². The van der Waals surface area contributed by atoms with Gasteiger partial charge in [0.25, 0.3) is 0 Å². The fraction of sp³-hybridized carbons (Fsp3) is 0.600. The molecular weight excluding hydrogens is 248 g/mol. The molecule has 0 saturated carbocycles. The maximum Gasteiger partial charge on any atom is 0.187 e. The van der Waals surface area contributed by atoms with E-state index in [9.17, 15) is 8.78 Å². The summed E-state index contributed by atoms with van der Waals surface area (Å²) in [6, 6.07) is 2.78. The molecule has 0 amide bonds. The lowest BCUT2D eigenvalue weighted by atomic mass is 10.1. The van der Waals surface area contributed by atoms with Crippen LogP contribution in [0.25, 0.3) is 0 Å². The summed E-state index contributed by atoms with van der Waals surface area (Å²) < 4.78 is 26.6. The summed E-state index contributed by atoms with van der Waals surface area (Å²) in [4.78, 5) is 2.22. The number of aromatic hydroxyl groups is 1. The molecule has 0 aliphatic carbocycles. The zero-order chi connectivity index (χ0) is 14.4. The molecule has 1 unspecified atom stereocenters. The van der Waals surface area contributed by atoms with E-state index in [-0.39, 0.29) is 0 Å². The van der Waals surface area contributed by atoms with E-state index in [1.807, 2.05) is 0 Å². The predicted molar refractivity (Wildman–Crippen MR) is 73.1 cm³/mol. The van der Waals surface area contributed by atoms with E-state index in [1.54, 1.807) is 0 Å². The fourth-order valence-corrected chi connectivity index (χ4v) is 2.02. The molecule has 0 heterocycles. The van der Waals surface area contributed by atoms with Crippen LogP contribution < -0.4 is 0 Å². The predicted octanol–water partition coefficient (Wildman–Crippen LogP) is 4.07. The first-order valence-corrected chi connectivity index (χ1v) is 6.90. The van der Waals surface area contributed by atoms with E-state index in [1.165, 1.54) is 12.1 Å². The molecule has 0 radical (unpaired) electrons. The van der Waals surface area contributed by atoms with Crippen molar-refractivity contribution in [2.45, 2.75) is 52.6 Å². The van der Waals surface area contributed by atoms with Gasteiger partial charge in [0.2, 0.25) is 0 Å². The number of unbranched alkanes of at least 4 members (excludes halogenated alkanes) is 1. The second-order valence-electron chi connectivity index (χ2n) is 4.99. The Morgan fingerprint density at radius 2 is 1.79 bits per heavy atom. The first kappa shape index (κ1) is 15.9. The molecule has 0 spiro atoms. The Labute approximate surface area is 114 Å². The van der Waals surface area contributed by atoms with Gasteiger partial charge in [-0.25, -0.2) is 8.78 Å². The van der Waals surface area contributed by atoms with Gasteiger partial charge in [0.15, 0.2) is 17.4 Å². The van der Waals surface area contributed by atoms with Crippen LogP contribution in [-0.4, -0.2) is 22.6 Å². The largest absolute Gasteiger partial charge is 0.503 e. The number of rotatable bonds is 7. The Morgan fingerprint density at radius 3 is 2.26 bits per heavy atom. The average molecular weight is 271 g/mol. The van der Waals surface area contributed by atoms with Crippen LogP contribution in [0.5, 0.6) is 5.75 Å². The van der Waals surface area contributed by atoms with E-state index in [0.29, 0.717) is 18.2 Å². The molecule has 19 heavy (non-hydrogen) atoms. The van der Waals surface area contributed by atoms with E-state index >= 15 is 0 Å². The Morgan fingerprint density at radius 1 is 1.21 bits per heavy atom. The number of hydrogen-bond donors (Lipinski definition) is 1. The van der Waals surface area contributed by atoms with Gasteiger partial charge in [-0.1, -0.05) is 20.3 Å². The van der Waals surface area contributed by atoms with Crippen molar-refractivity contribution in [3.63, 3.8) is 0 Å². The molecule has 0 saturated heterocycles. The van der Waals surface area contributed by atoms with Crippen LogP contribution in [0.1, 0.15) is 45.6 Å².